The first-order valence-corrected chi connectivity index (χ1v) is 8.93. The van der Waals surface area contributed by atoms with Crippen LogP contribution in [0.2, 0.25) is 0 Å². The number of rotatable bonds is 4. The SMILES string of the molecule is C/C(=C1/SC(=S)N(c2ccc(CC(=O)O)cc2)C1=O)c1ccc(F)cc1. The number of hydrogen-bond donors (Lipinski definition) is 1. The summed E-state index contributed by atoms with van der Waals surface area (Å²) in [5.74, 6) is -1.50. The Bertz CT molecular complexity index is 921. The van der Waals surface area contributed by atoms with Crippen LogP contribution >= 0.6 is 24.0 Å². The van der Waals surface area contributed by atoms with Crippen molar-refractivity contribution in [2.75, 3.05) is 4.90 Å². The Labute approximate surface area is 159 Å². The van der Waals surface area contributed by atoms with Crippen LogP contribution in [0.5, 0.6) is 0 Å². The molecule has 0 saturated carbocycles. The van der Waals surface area contributed by atoms with Gasteiger partial charge in [-0.3, -0.25) is 14.5 Å². The minimum Gasteiger partial charge on any atom is -0.481 e. The Hall–Kier alpha value is -2.51. The third-order valence-electron chi connectivity index (χ3n) is 3.94. The minimum absolute atomic E-state index is 0.0811. The highest BCUT2D eigenvalue weighted by Crippen LogP contribution is 2.39. The van der Waals surface area contributed by atoms with Crippen LogP contribution in [0.4, 0.5) is 10.1 Å². The molecule has 0 radical (unpaired) electrons. The Morgan fingerprint density at radius 1 is 1.15 bits per heavy atom. The fourth-order valence-electron chi connectivity index (χ4n) is 2.59. The third-order valence-corrected chi connectivity index (χ3v) is 5.41. The lowest BCUT2D eigenvalue weighted by molar-refractivity contribution is -0.136. The monoisotopic (exact) mass is 387 g/mol. The Kier molecular flexibility index (Phi) is 5.20. The highest BCUT2D eigenvalue weighted by molar-refractivity contribution is 8.27. The molecule has 0 bridgehead atoms. The summed E-state index contributed by atoms with van der Waals surface area (Å²) in [5, 5.41) is 8.83. The number of benzene rings is 2. The van der Waals surface area contributed by atoms with E-state index in [2.05, 4.69) is 0 Å². The van der Waals surface area contributed by atoms with E-state index in [0.29, 0.717) is 20.5 Å². The van der Waals surface area contributed by atoms with Crippen molar-refractivity contribution in [1.29, 1.82) is 0 Å². The molecule has 26 heavy (non-hydrogen) atoms. The molecule has 2 aromatic rings. The summed E-state index contributed by atoms with van der Waals surface area (Å²) in [6, 6.07) is 12.6. The lowest BCUT2D eigenvalue weighted by atomic mass is 10.1. The second kappa shape index (κ2) is 7.39. The van der Waals surface area contributed by atoms with Gasteiger partial charge >= 0.3 is 5.97 Å². The molecule has 1 amide bonds. The number of aliphatic carboxylic acids is 1. The Morgan fingerprint density at radius 3 is 2.35 bits per heavy atom. The van der Waals surface area contributed by atoms with Crippen molar-refractivity contribution in [3.05, 3.63) is 70.4 Å². The van der Waals surface area contributed by atoms with Gasteiger partial charge in [-0.25, -0.2) is 4.39 Å². The number of carboxylic acids is 1. The van der Waals surface area contributed by atoms with Crippen LogP contribution in [0.3, 0.4) is 0 Å². The number of anilines is 1. The number of allylic oxidation sites excluding steroid dienone is 1. The highest BCUT2D eigenvalue weighted by atomic mass is 32.2. The standard InChI is InChI=1S/C19H14FNO3S2/c1-11(13-4-6-14(20)7-5-13)17-18(24)21(19(25)26-17)15-8-2-12(3-9-15)10-16(22)23/h2-9H,10H2,1H3,(H,22,23)/b17-11-. The molecule has 1 heterocycles. The van der Waals surface area contributed by atoms with Crippen molar-refractivity contribution in [3.8, 4) is 0 Å². The van der Waals surface area contributed by atoms with Gasteiger partial charge in [-0.15, -0.1) is 0 Å². The van der Waals surface area contributed by atoms with Crippen molar-refractivity contribution in [1.82, 2.24) is 0 Å². The number of halogens is 1. The Balaban J connectivity index is 1.90. The summed E-state index contributed by atoms with van der Waals surface area (Å²) in [7, 11) is 0. The molecule has 2 aromatic carbocycles. The number of nitrogens with zero attached hydrogens (tertiary/aromatic N) is 1. The number of carbonyl (C=O) groups is 2. The molecule has 3 rings (SSSR count). The molecule has 0 unspecified atom stereocenters. The maximum atomic E-state index is 13.1. The van der Waals surface area contributed by atoms with Crippen LogP contribution in [0.1, 0.15) is 18.1 Å². The van der Waals surface area contributed by atoms with Crippen LogP contribution in [0.25, 0.3) is 5.57 Å². The van der Waals surface area contributed by atoms with E-state index in [9.17, 15) is 14.0 Å². The van der Waals surface area contributed by atoms with Gasteiger partial charge in [-0.05, 0) is 47.9 Å². The van der Waals surface area contributed by atoms with Gasteiger partial charge in [-0.2, -0.15) is 0 Å². The molecule has 0 spiro atoms. The average Bonchev–Trinajstić information content (AvgIpc) is 2.90. The van der Waals surface area contributed by atoms with Gasteiger partial charge in [-0.1, -0.05) is 48.2 Å². The summed E-state index contributed by atoms with van der Waals surface area (Å²) >= 11 is 6.55. The lowest BCUT2D eigenvalue weighted by Crippen LogP contribution is -2.27. The summed E-state index contributed by atoms with van der Waals surface area (Å²) in [6.45, 7) is 1.80. The van der Waals surface area contributed by atoms with E-state index in [1.807, 2.05) is 0 Å². The number of thiocarbonyl (C=S) groups is 1. The molecule has 0 aromatic heterocycles. The van der Waals surface area contributed by atoms with E-state index in [4.69, 9.17) is 17.3 Å². The molecule has 1 fully saturated rings. The van der Waals surface area contributed by atoms with Gasteiger partial charge in [0.05, 0.1) is 17.0 Å². The zero-order valence-corrected chi connectivity index (χ0v) is 15.4. The summed E-state index contributed by atoms with van der Waals surface area (Å²) < 4.78 is 13.5. The average molecular weight is 387 g/mol. The van der Waals surface area contributed by atoms with E-state index < -0.39 is 5.97 Å². The molecule has 1 saturated heterocycles. The maximum Gasteiger partial charge on any atom is 0.307 e. The number of carbonyl (C=O) groups excluding carboxylic acids is 1. The molecule has 1 aliphatic rings. The van der Waals surface area contributed by atoms with E-state index in [0.717, 1.165) is 11.1 Å². The molecular weight excluding hydrogens is 373 g/mol. The topological polar surface area (TPSA) is 57.6 Å². The Morgan fingerprint density at radius 2 is 1.77 bits per heavy atom. The van der Waals surface area contributed by atoms with Crippen LogP contribution in [-0.4, -0.2) is 21.3 Å². The van der Waals surface area contributed by atoms with E-state index in [1.54, 1.807) is 43.3 Å². The number of amides is 1. The molecule has 7 heteroatoms. The largest absolute Gasteiger partial charge is 0.481 e. The quantitative estimate of drug-likeness (QED) is 0.628. The number of thioether (sulfide) groups is 1. The summed E-state index contributed by atoms with van der Waals surface area (Å²) in [6.07, 6.45) is -0.0811. The number of carboxylic acid groups (broad SMARTS) is 1. The van der Waals surface area contributed by atoms with E-state index >= 15 is 0 Å². The summed E-state index contributed by atoms with van der Waals surface area (Å²) in [4.78, 5) is 25.5. The van der Waals surface area contributed by atoms with Crippen LogP contribution < -0.4 is 4.90 Å². The van der Waals surface area contributed by atoms with Crippen LogP contribution in [0, 0.1) is 5.82 Å². The van der Waals surface area contributed by atoms with Gasteiger partial charge in [0.25, 0.3) is 5.91 Å². The first-order valence-electron chi connectivity index (χ1n) is 7.70. The minimum atomic E-state index is -0.916. The summed E-state index contributed by atoms with van der Waals surface area (Å²) in [5.41, 5.74) is 2.71. The first kappa shape index (κ1) is 18.3. The number of hydrogen-bond acceptors (Lipinski definition) is 4. The van der Waals surface area contributed by atoms with Gasteiger partial charge in [0.15, 0.2) is 4.32 Å². The first-order chi connectivity index (χ1) is 12.4. The smallest absolute Gasteiger partial charge is 0.307 e. The normalized spacial score (nSPS) is 16.2. The van der Waals surface area contributed by atoms with E-state index in [1.165, 1.54) is 28.8 Å². The van der Waals surface area contributed by atoms with Crippen molar-refractivity contribution >= 4 is 51.4 Å². The zero-order chi connectivity index (χ0) is 18.8. The zero-order valence-electron chi connectivity index (χ0n) is 13.7. The van der Waals surface area contributed by atoms with Gasteiger partial charge in [0.1, 0.15) is 5.82 Å². The molecule has 1 N–H and O–H groups in total. The second-order valence-electron chi connectivity index (χ2n) is 5.71. The fourth-order valence-corrected chi connectivity index (χ4v) is 3.93. The van der Waals surface area contributed by atoms with Crippen molar-refractivity contribution in [3.63, 3.8) is 0 Å². The lowest BCUT2D eigenvalue weighted by Gasteiger charge is -2.15. The van der Waals surface area contributed by atoms with Gasteiger partial charge in [0, 0.05) is 0 Å². The van der Waals surface area contributed by atoms with Gasteiger partial charge in [0.2, 0.25) is 0 Å². The second-order valence-corrected chi connectivity index (χ2v) is 7.35. The fraction of sp³-hybridized carbons (Fsp3) is 0.105. The van der Waals surface area contributed by atoms with Crippen molar-refractivity contribution in [2.45, 2.75) is 13.3 Å². The van der Waals surface area contributed by atoms with Crippen LogP contribution in [-0.2, 0) is 16.0 Å². The molecular formula is C19H14FNO3S2. The molecule has 4 nitrogen and oxygen atoms in total. The molecule has 132 valence electrons. The maximum absolute atomic E-state index is 13.1. The van der Waals surface area contributed by atoms with Gasteiger partial charge < -0.3 is 5.11 Å². The predicted molar refractivity (Wildman–Crippen MR) is 104 cm³/mol. The molecule has 0 aliphatic carbocycles. The van der Waals surface area contributed by atoms with Crippen molar-refractivity contribution < 1.29 is 19.1 Å². The highest BCUT2D eigenvalue weighted by Gasteiger charge is 2.34. The third kappa shape index (κ3) is 3.68. The van der Waals surface area contributed by atoms with E-state index in [-0.39, 0.29) is 18.1 Å². The van der Waals surface area contributed by atoms with Crippen molar-refractivity contribution in [2.24, 2.45) is 0 Å². The molecule has 1 aliphatic heterocycles. The predicted octanol–water partition coefficient (Wildman–Crippen LogP) is 4.25. The molecule has 0 atom stereocenters. The van der Waals surface area contributed by atoms with Crippen LogP contribution in [0.15, 0.2) is 53.4 Å².